The number of nitrogens with zero attached hydrogens (tertiary/aromatic N) is 3. The molecule has 2 N–H and O–H groups in total. The third kappa shape index (κ3) is 5.77. The van der Waals surface area contributed by atoms with E-state index in [0.717, 1.165) is 60.4 Å². The molecule has 5 rings (SSSR count). The van der Waals surface area contributed by atoms with Crippen molar-refractivity contribution in [3.8, 4) is 5.75 Å². The van der Waals surface area contributed by atoms with E-state index in [1.165, 1.54) is 6.20 Å². The monoisotopic (exact) mass is 514 g/mol. The van der Waals surface area contributed by atoms with Crippen molar-refractivity contribution in [1.82, 2.24) is 15.2 Å². The van der Waals surface area contributed by atoms with Gasteiger partial charge >= 0.3 is 0 Å². The molecule has 2 fully saturated rings. The molecular weight excluding hydrogens is 482 g/mol. The van der Waals surface area contributed by atoms with Crippen molar-refractivity contribution in [2.75, 3.05) is 0 Å². The molecule has 38 heavy (non-hydrogen) atoms. The molecule has 3 amide bonds. The van der Waals surface area contributed by atoms with Crippen LogP contribution in [0, 0.1) is 12.8 Å². The van der Waals surface area contributed by atoms with Crippen LogP contribution in [0.5, 0.6) is 5.75 Å². The SMILES string of the molecule is Cc1ccc(N=C/C(=C\[NH-])CCC2CC[C@H](Oc3ccc4c(c3)CN(C3CCC(=O)NC3=O)C4=O)C2)cn1. The Labute approximate surface area is 222 Å². The minimum absolute atomic E-state index is 0.108. The van der Waals surface area contributed by atoms with Gasteiger partial charge in [-0.05, 0) is 87.3 Å². The molecule has 0 radical (unpaired) electrons. The van der Waals surface area contributed by atoms with Gasteiger partial charge in [-0.3, -0.25) is 29.7 Å². The molecule has 3 atom stereocenters. The highest BCUT2D eigenvalue weighted by molar-refractivity contribution is 6.05. The molecule has 1 aromatic heterocycles. The summed E-state index contributed by atoms with van der Waals surface area (Å²) in [5, 5.41) is 2.33. The number of hydrogen-bond donors (Lipinski definition) is 1. The Morgan fingerprint density at radius 2 is 2.08 bits per heavy atom. The van der Waals surface area contributed by atoms with Crippen LogP contribution in [-0.2, 0) is 16.1 Å². The second kappa shape index (κ2) is 11.2. The lowest BCUT2D eigenvalue weighted by molar-refractivity contribution is -0.136. The smallest absolute Gasteiger partial charge is 0.255 e. The lowest BCUT2D eigenvalue weighted by Gasteiger charge is -2.29. The maximum Gasteiger partial charge on any atom is 0.255 e. The molecule has 1 saturated carbocycles. The first kappa shape index (κ1) is 25.6. The van der Waals surface area contributed by atoms with Crippen molar-refractivity contribution in [2.24, 2.45) is 10.9 Å². The maximum atomic E-state index is 12.9. The molecule has 3 heterocycles. The van der Waals surface area contributed by atoms with Crippen LogP contribution in [0.25, 0.3) is 5.73 Å². The van der Waals surface area contributed by atoms with Crippen LogP contribution in [0.4, 0.5) is 5.69 Å². The molecule has 9 nitrogen and oxygen atoms in total. The third-order valence-electron chi connectivity index (χ3n) is 7.59. The first-order valence-electron chi connectivity index (χ1n) is 13.2. The lowest BCUT2D eigenvalue weighted by atomic mass is 9.99. The summed E-state index contributed by atoms with van der Waals surface area (Å²) in [7, 11) is 0. The molecule has 2 aromatic rings. The number of hydrogen-bond acceptors (Lipinski definition) is 6. The topological polar surface area (TPSA) is 125 Å². The largest absolute Gasteiger partial charge is 0.705 e. The third-order valence-corrected chi connectivity index (χ3v) is 7.59. The van der Waals surface area contributed by atoms with Crippen LogP contribution in [0.1, 0.15) is 66.6 Å². The Hall–Kier alpha value is -4.01. The number of fused-ring (bicyclic) bond motifs is 1. The van der Waals surface area contributed by atoms with Gasteiger partial charge < -0.3 is 15.4 Å². The fraction of sp³-hybridized carbons (Fsp3) is 0.414. The molecular formula is C29H32N5O4-. The van der Waals surface area contributed by atoms with Crippen molar-refractivity contribution in [1.29, 1.82) is 0 Å². The van der Waals surface area contributed by atoms with Crippen LogP contribution < -0.4 is 10.1 Å². The number of aliphatic imine (C=N–C) groups is 1. The number of aryl methyl sites for hydroxylation is 1. The van der Waals surface area contributed by atoms with E-state index in [1.807, 2.05) is 31.2 Å². The van der Waals surface area contributed by atoms with E-state index in [0.29, 0.717) is 24.4 Å². The number of benzene rings is 1. The highest BCUT2D eigenvalue weighted by atomic mass is 16.5. The number of aromatic nitrogens is 1. The van der Waals surface area contributed by atoms with Crippen LogP contribution in [0.2, 0.25) is 0 Å². The van der Waals surface area contributed by atoms with Crippen LogP contribution in [0.3, 0.4) is 0 Å². The van der Waals surface area contributed by atoms with Gasteiger partial charge in [0.2, 0.25) is 11.8 Å². The summed E-state index contributed by atoms with van der Waals surface area (Å²) in [6, 6.07) is 8.73. The summed E-state index contributed by atoms with van der Waals surface area (Å²) >= 11 is 0. The number of imide groups is 1. The zero-order chi connectivity index (χ0) is 26.6. The number of carbonyl (C=O) groups excluding carboxylic acids is 3. The number of nitrogens with one attached hydrogen (secondary N) is 2. The van der Waals surface area contributed by atoms with Crippen molar-refractivity contribution >= 4 is 29.6 Å². The van der Waals surface area contributed by atoms with Crippen molar-refractivity contribution < 1.29 is 19.1 Å². The molecule has 1 aromatic carbocycles. The summed E-state index contributed by atoms with van der Waals surface area (Å²) in [4.78, 5) is 46.9. The van der Waals surface area contributed by atoms with Gasteiger partial charge in [-0.1, -0.05) is 5.57 Å². The second-order valence-corrected chi connectivity index (χ2v) is 10.3. The molecule has 2 unspecified atom stereocenters. The van der Waals surface area contributed by atoms with Crippen molar-refractivity contribution in [3.05, 3.63) is 70.9 Å². The molecule has 1 aliphatic carbocycles. The molecule has 198 valence electrons. The normalized spacial score (nSPS) is 23.7. The number of amides is 3. The predicted octanol–water partition coefficient (Wildman–Crippen LogP) is 4.82. The lowest BCUT2D eigenvalue weighted by Crippen LogP contribution is -2.52. The first-order chi connectivity index (χ1) is 18.4. The number of rotatable bonds is 8. The predicted molar refractivity (Wildman–Crippen MR) is 143 cm³/mol. The minimum atomic E-state index is -0.617. The van der Waals surface area contributed by atoms with E-state index in [1.54, 1.807) is 23.4 Å². The van der Waals surface area contributed by atoms with Gasteiger partial charge in [0, 0.05) is 30.4 Å². The number of carbonyl (C=O) groups is 3. The first-order valence-corrected chi connectivity index (χ1v) is 13.2. The van der Waals surface area contributed by atoms with Gasteiger partial charge in [-0.15, -0.1) is 0 Å². The maximum absolute atomic E-state index is 12.9. The summed E-state index contributed by atoms with van der Waals surface area (Å²) in [5.41, 5.74) is 11.8. The van der Waals surface area contributed by atoms with Crippen LogP contribution in [-0.4, -0.2) is 46.0 Å². The van der Waals surface area contributed by atoms with Crippen molar-refractivity contribution in [3.63, 3.8) is 0 Å². The average molecular weight is 515 g/mol. The highest BCUT2D eigenvalue weighted by Gasteiger charge is 2.39. The van der Waals surface area contributed by atoms with Crippen molar-refractivity contribution in [2.45, 2.75) is 70.6 Å². The van der Waals surface area contributed by atoms with E-state index in [4.69, 9.17) is 10.5 Å². The standard InChI is InChI=1S/C29H33N5O4/c1-18-2-6-22(16-31-18)32-15-20(14-30)4-3-19-5-7-23(12-19)38-24-8-9-25-21(13-24)17-34(29(25)37)26-10-11-27(35)33-28(26)36/h2,6,8-9,13-16,19,23,26H,3-5,7,10-12,17H2,1H3,(H3,30,32,33,35,36)/p-1/t19?,23-,26?/m0/s1. The van der Waals surface area contributed by atoms with Crippen LogP contribution >= 0.6 is 0 Å². The molecule has 1 saturated heterocycles. The zero-order valence-corrected chi connectivity index (χ0v) is 21.5. The van der Waals surface area contributed by atoms with Gasteiger partial charge in [0.15, 0.2) is 0 Å². The Morgan fingerprint density at radius 1 is 1.21 bits per heavy atom. The minimum Gasteiger partial charge on any atom is -0.705 e. The second-order valence-electron chi connectivity index (χ2n) is 10.3. The Bertz CT molecular complexity index is 1290. The fourth-order valence-electron chi connectivity index (χ4n) is 5.45. The number of allylic oxidation sites excluding steroid dienone is 1. The van der Waals surface area contributed by atoms with Gasteiger partial charge in [-0.25, -0.2) is 0 Å². The quantitative estimate of drug-likeness (QED) is 0.399. The highest BCUT2D eigenvalue weighted by Crippen LogP contribution is 2.35. The summed E-state index contributed by atoms with van der Waals surface area (Å²) in [6.45, 7) is 2.28. The van der Waals surface area contributed by atoms with E-state index in [2.05, 4.69) is 15.3 Å². The summed E-state index contributed by atoms with van der Waals surface area (Å²) < 4.78 is 6.29. The Balaban J connectivity index is 1.12. The van der Waals surface area contributed by atoms with E-state index in [-0.39, 0.29) is 24.3 Å². The molecule has 9 heteroatoms. The summed E-state index contributed by atoms with van der Waals surface area (Å²) in [6.07, 6.45) is 10.3. The van der Waals surface area contributed by atoms with E-state index in [9.17, 15) is 14.4 Å². The van der Waals surface area contributed by atoms with Gasteiger partial charge in [-0.2, -0.15) is 6.20 Å². The fourth-order valence-corrected chi connectivity index (χ4v) is 5.45. The van der Waals surface area contributed by atoms with E-state index < -0.39 is 11.9 Å². The summed E-state index contributed by atoms with van der Waals surface area (Å²) in [5.74, 6) is 0.377. The number of pyridine rings is 1. The molecule has 2 aliphatic heterocycles. The van der Waals surface area contributed by atoms with Gasteiger partial charge in [0.25, 0.3) is 5.91 Å². The molecule has 0 bridgehead atoms. The van der Waals surface area contributed by atoms with E-state index >= 15 is 0 Å². The number of piperidine rings is 1. The Morgan fingerprint density at radius 3 is 2.84 bits per heavy atom. The molecule has 0 spiro atoms. The number of ether oxygens (including phenoxy) is 1. The van der Waals surface area contributed by atoms with Gasteiger partial charge in [0.1, 0.15) is 11.8 Å². The average Bonchev–Trinajstić information content (AvgIpc) is 3.48. The zero-order valence-electron chi connectivity index (χ0n) is 21.5. The Kier molecular flexibility index (Phi) is 7.53. The molecule has 3 aliphatic rings. The van der Waals surface area contributed by atoms with Gasteiger partial charge in [0.05, 0.1) is 18.0 Å². The van der Waals surface area contributed by atoms with Crippen LogP contribution in [0.15, 0.2) is 53.3 Å².